The van der Waals surface area contributed by atoms with Gasteiger partial charge in [0.2, 0.25) is 5.88 Å². The van der Waals surface area contributed by atoms with E-state index in [1.54, 1.807) is 12.1 Å². The van der Waals surface area contributed by atoms with Gasteiger partial charge in [0.05, 0.1) is 5.69 Å². The number of rotatable bonds is 4. The molecule has 0 bridgehead atoms. The van der Waals surface area contributed by atoms with Crippen LogP contribution in [-0.4, -0.2) is 23.6 Å². The normalized spacial score (nSPS) is 11.5. The number of fused-ring (bicyclic) bond motifs is 1. The molecule has 3 aromatic rings. The monoisotopic (exact) mass is 358 g/mol. The maximum absolute atomic E-state index is 12.1. The van der Waals surface area contributed by atoms with E-state index in [1.807, 2.05) is 45.0 Å². The number of aromatic nitrogens is 1. The largest absolute Gasteiger partial charge is 0.451 e. The summed E-state index contributed by atoms with van der Waals surface area (Å²) in [6, 6.07) is 11.1. The van der Waals surface area contributed by atoms with Crippen molar-refractivity contribution in [3.05, 3.63) is 47.0 Å². The predicted molar refractivity (Wildman–Crippen MR) is 95.9 cm³/mol. The SMILES string of the molecule is CC(C)(C)c1cc(NC(=O)COC(=O)c2cc3ccccc3s2)on1. The molecule has 0 aliphatic heterocycles. The van der Waals surface area contributed by atoms with Crippen molar-refractivity contribution < 1.29 is 18.8 Å². The Balaban J connectivity index is 1.56. The van der Waals surface area contributed by atoms with E-state index in [0.29, 0.717) is 4.88 Å². The summed E-state index contributed by atoms with van der Waals surface area (Å²) >= 11 is 1.33. The van der Waals surface area contributed by atoms with Gasteiger partial charge in [-0.05, 0) is 17.5 Å². The number of anilines is 1. The van der Waals surface area contributed by atoms with Crippen LogP contribution >= 0.6 is 11.3 Å². The van der Waals surface area contributed by atoms with Crippen LogP contribution in [0.5, 0.6) is 0 Å². The number of esters is 1. The molecule has 0 radical (unpaired) electrons. The van der Waals surface area contributed by atoms with E-state index < -0.39 is 18.5 Å². The van der Waals surface area contributed by atoms with Crippen molar-refractivity contribution in [2.24, 2.45) is 0 Å². The molecule has 1 aromatic carbocycles. The van der Waals surface area contributed by atoms with Crippen molar-refractivity contribution in [1.82, 2.24) is 5.16 Å². The fourth-order valence-corrected chi connectivity index (χ4v) is 3.10. The number of thiophene rings is 1. The van der Waals surface area contributed by atoms with E-state index in [4.69, 9.17) is 9.26 Å². The summed E-state index contributed by atoms with van der Waals surface area (Å²) in [5.74, 6) is -0.775. The summed E-state index contributed by atoms with van der Waals surface area (Å²) in [7, 11) is 0. The Hall–Kier alpha value is -2.67. The molecule has 0 atom stereocenters. The van der Waals surface area contributed by atoms with Crippen LogP contribution in [0.1, 0.15) is 36.1 Å². The van der Waals surface area contributed by atoms with Crippen molar-refractivity contribution in [1.29, 1.82) is 0 Å². The summed E-state index contributed by atoms with van der Waals surface area (Å²) in [4.78, 5) is 24.4. The highest BCUT2D eigenvalue weighted by molar-refractivity contribution is 7.20. The summed E-state index contributed by atoms with van der Waals surface area (Å²) in [5, 5.41) is 7.41. The number of hydrogen-bond donors (Lipinski definition) is 1. The van der Waals surface area contributed by atoms with Crippen LogP contribution in [0.2, 0.25) is 0 Å². The lowest BCUT2D eigenvalue weighted by atomic mass is 9.92. The Bertz CT molecular complexity index is 887. The minimum absolute atomic E-state index is 0.180. The molecule has 2 aromatic heterocycles. The van der Waals surface area contributed by atoms with E-state index in [1.165, 1.54) is 11.3 Å². The Morgan fingerprint density at radius 3 is 2.68 bits per heavy atom. The molecule has 6 nitrogen and oxygen atoms in total. The average molecular weight is 358 g/mol. The smallest absolute Gasteiger partial charge is 0.348 e. The van der Waals surface area contributed by atoms with Crippen molar-refractivity contribution in [3.8, 4) is 0 Å². The molecular formula is C18H18N2O4S. The molecule has 2 heterocycles. The fourth-order valence-electron chi connectivity index (χ4n) is 2.15. The van der Waals surface area contributed by atoms with Crippen LogP contribution in [0.25, 0.3) is 10.1 Å². The first-order valence-corrected chi connectivity index (χ1v) is 8.57. The Morgan fingerprint density at radius 2 is 2.00 bits per heavy atom. The molecular weight excluding hydrogens is 340 g/mol. The van der Waals surface area contributed by atoms with Crippen molar-refractivity contribution >= 4 is 39.2 Å². The van der Waals surface area contributed by atoms with Gasteiger partial charge in [0, 0.05) is 16.2 Å². The highest BCUT2D eigenvalue weighted by atomic mass is 32.1. The van der Waals surface area contributed by atoms with Crippen LogP contribution in [-0.2, 0) is 14.9 Å². The van der Waals surface area contributed by atoms with Crippen LogP contribution < -0.4 is 5.32 Å². The number of carbonyl (C=O) groups is 2. The molecule has 0 unspecified atom stereocenters. The fraction of sp³-hybridized carbons (Fsp3) is 0.278. The molecule has 1 amide bonds. The lowest BCUT2D eigenvalue weighted by Gasteiger charge is -2.12. The second-order valence-corrected chi connectivity index (χ2v) is 7.68. The minimum Gasteiger partial charge on any atom is -0.451 e. The zero-order valence-electron chi connectivity index (χ0n) is 14.2. The molecule has 0 saturated carbocycles. The molecule has 130 valence electrons. The van der Waals surface area contributed by atoms with E-state index in [0.717, 1.165) is 15.8 Å². The Kier molecular flexibility index (Phi) is 4.59. The summed E-state index contributed by atoms with van der Waals surface area (Å²) in [6.45, 7) is 5.58. The van der Waals surface area contributed by atoms with Gasteiger partial charge in [-0.15, -0.1) is 11.3 Å². The van der Waals surface area contributed by atoms with Gasteiger partial charge in [0.25, 0.3) is 5.91 Å². The van der Waals surface area contributed by atoms with Gasteiger partial charge in [-0.2, -0.15) is 0 Å². The number of benzene rings is 1. The first-order valence-electron chi connectivity index (χ1n) is 7.76. The molecule has 3 rings (SSSR count). The number of ether oxygens (including phenoxy) is 1. The van der Waals surface area contributed by atoms with Gasteiger partial charge in [0.15, 0.2) is 6.61 Å². The van der Waals surface area contributed by atoms with Crippen LogP contribution in [0.4, 0.5) is 5.88 Å². The molecule has 0 aliphatic rings. The molecule has 0 fully saturated rings. The van der Waals surface area contributed by atoms with E-state index in [2.05, 4.69) is 10.5 Å². The van der Waals surface area contributed by atoms with Crippen LogP contribution in [0.15, 0.2) is 40.9 Å². The topological polar surface area (TPSA) is 81.4 Å². The Morgan fingerprint density at radius 1 is 1.24 bits per heavy atom. The zero-order chi connectivity index (χ0) is 18.0. The predicted octanol–water partition coefficient (Wildman–Crippen LogP) is 3.98. The van der Waals surface area contributed by atoms with E-state index >= 15 is 0 Å². The second-order valence-electron chi connectivity index (χ2n) is 6.60. The maximum Gasteiger partial charge on any atom is 0.348 e. The van der Waals surface area contributed by atoms with Crippen LogP contribution in [0.3, 0.4) is 0 Å². The lowest BCUT2D eigenvalue weighted by molar-refractivity contribution is -0.119. The number of nitrogens with zero attached hydrogens (tertiary/aromatic N) is 1. The Labute approximate surface area is 148 Å². The number of hydrogen-bond acceptors (Lipinski definition) is 6. The second kappa shape index (κ2) is 6.68. The van der Waals surface area contributed by atoms with Crippen molar-refractivity contribution in [2.75, 3.05) is 11.9 Å². The lowest BCUT2D eigenvalue weighted by Crippen LogP contribution is -2.20. The van der Waals surface area contributed by atoms with Gasteiger partial charge in [-0.25, -0.2) is 4.79 Å². The highest BCUT2D eigenvalue weighted by Gasteiger charge is 2.20. The highest BCUT2D eigenvalue weighted by Crippen LogP contribution is 2.26. The van der Waals surface area contributed by atoms with Crippen molar-refractivity contribution in [2.45, 2.75) is 26.2 Å². The van der Waals surface area contributed by atoms with Gasteiger partial charge in [-0.3, -0.25) is 10.1 Å². The standard InChI is InChI=1S/C18H18N2O4S/c1-18(2,3)14-9-16(24-20-14)19-15(21)10-23-17(22)13-8-11-6-4-5-7-12(11)25-13/h4-9H,10H2,1-3H3,(H,19,21). The first kappa shape index (κ1) is 17.2. The third-order valence-corrected chi connectivity index (χ3v) is 4.60. The van der Waals surface area contributed by atoms with Crippen LogP contribution in [0, 0.1) is 0 Å². The molecule has 25 heavy (non-hydrogen) atoms. The summed E-state index contributed by atoms with van der Waals surface area (Å²) in [6.07, 6.45) is 0. The quantitative estimate of drug-likeness (QED) is 0.713. The summed E-state index contributed by atoms with van der Waals surface area (Å²) in [5.41, 5.74) is 0.546. The average Bonchev–Trinajstić information content (AvgIpc) is 3.18. The molecule has 0 spiro atoms. The van der Waals surface area contributed by atoms with Gasteiger partial charge in [-0.1, -0.05) is 44.1 Å². The van der Waals surface area contributed by atoms with E-state index in [9.17, 15) is 9.59 Å². The third-order valence-electron chi connectivity index (χ3n) is 3.50. The molecule has 0 saturated heterocycles. The molecule has 0 aliphatic carbocycles. The van der Waals surface area contributed by atoms with Crippen molar-refractivity contribution in [3.63, 3.8) is 0 Å². The number of carbonyl (C=O) groups excluding carboxylic acids is 2. The number of amides is 1. The zero-order valence-corrected chi connectivity index (χ0v) is 15.0. The first-order chi connectivity index (χ1) is 11.8. The third kappa shape index (κ3) is 4.06. The van der Waals surface area contributed by atoms with Gasteiger partial charge in [0.1, 0.15) is 4.88 Å². The van der Waals surface area contributed by atoms with Gasteiger partial charge < -0.3 is 9.26 Å². The number of nitrogens with one attached hydrogen (secondary N) is 1. The van der Waals surface area contributed by atoms with Gasteiger partial charge >= 0.3 is 5.97 Å². The molecule has 1 N–H and O–H groups in total. The maximum atomic E-state index is 12.1. The minimum atomic E-state index is -0.524. The summed E-state index contributed by atoms with van der Waals surface area (Å²) < 4.78 is 11.1. The van der Waals surface area contributed by atoms with E-state index in [-0.39, 0.29) is 11.3 Å². The molecule has 7 heteroatoms.